The van der Waals surface area contributed by atoms with Crippen LogP contribution in [0.25, 0.3) is 11.4 Å². The zero-order chi connectivity index (χ0) is 15.0. The first-order valence-corrected chi connectivity index (χ1v) is 9.14. The van der Waals surface area contributed by atoms with Crippen LogP contribution in [0.2, 0.25) is 0 Å². The van der Waals surface area contributed by atoms with Crippen LogP contribution < -0.4 is 10.4 Å². The summed E-state index contributed by atoms with van der Waals surface area (Å²) in [6.07, 6.45) is 2.25. The summed E-state index contributed by atoms with van der Waals surface area (Å²) in [5, 5.41) is -0.129. The highest BCUT2D eigenvalue weighted by Crippen LogP contribution is 2.11. The van der Waals surface area contributed by atoms with Crippen molar-refractivity contribution in [3.05, 3.63) is 36.7 Å². The van der Waals surface area contributed by atoms with Crippen LogP contribution in [0.5, 0.6) is 0 Å². The van der Waals surface area contributed by atoms with Crippen molar-refractivity contribution in [2.75, 3.05) is 0 Å². The Morgan fingerprint density at radius 3 is 1.15 bits per heavy atom. The summed E-state index contributed by atoms with van der Waals surface area (Å²) in [6.45, 7) is 0. The minimum absolute atomic E-state index is 0.0645. The number of hydrogen-bond acceptors (Lipinski definition) is 8. The highest BCUT2D eigenvalue weighted by molar-refractivity contribution is 6.71. The van der Waals surface area contributed by atoms with Crippen LogP contribution in [-0.4, -0.2) is 56.4 Å². The van der Waals surface area contributed by atoms with E-state index in [9.17, 15) is 0 Å². The smallest absolute Gasteiger partial charge is 0.386 e. The van der Waals surface area contributed by atoms with Gasteiger partial charge in [0.2, 0.25) is 0 Å². The van der Waals surface area contributed by atoms with Crippen LogP contribution >= 0.6 is 0 Å². The van der Waals surface area contributed by atoms with Crippen molar-refractivity contribution >= 4 is 28.0 Å². The van der Waals surface area contributed by atoms with Crippen LogP contribution in [0.4, 0.5) is 0 Å². The molecule has 8 nitrogen and oxygen atoms in total. The first kappa shape index (κ1) is 14.9. The number of pyridine rings is 2. The maximum absolute atomic E-state index is 9.09. The minimum Gasteiger partial charge on any atom is -0.386 e. The molecule has 0 fully saturated rings. The van der Waals surface area contributed by atoms with Crippen LogP contribution in [0, 0.1) is 0 Å². The Balaban J connectivity index is 2.29. The molecule has 2 rings (SSSR count). The lowest BCUT2D eigenvalue weighted by Gasteiger charge is -2.10. The van der Waals surface area contributed by atoms with Gasteiger partial charge in [0, 0.05) is 22.8 Å². The Morgan fingerprint density at radius 2 is 0.950 bits per heavy atom. The Kier molecular flexibility index (Phi) is 3.81. The fourth-order valence-electron chi connectivity index (χ4n) is 1.49. The highest BCUT2D eigenvalue weighted by atomic mass is 28.4. The number of nitrogens with zero attached hydrogens (tertiary/aromatic N) is 2. The zero-order valence-electron chi connectivity index (χ0n) is 10.0. The summed E-state index contributed by atoms with van der Waals surface area (Å²) in [5.41, 5.74) is 0.777. The highest BCUT2D eigenvalue weighted by Gasteiger charge is 2.31. The third-order valence-corrected chi connectivity index (χ3v) is 4.70. The molecule has 0 radical (unpaired) electrons. The molecule has 2 heterocycles. The average Bonchev–Trinajstić information content (AvgIpc) is 2.37. The van der Waals surface area contributed by atoms with Crippen molar-refractivity contribution in [3.63, 3.8) is 0 Å². The molecule has 20 heavy (non-hydrogen) atoms. The Morgan fingerprint density at radius 1 is 0.600 bits per heavy atom. The number of aromatic nitrogens is 2. The van der Waals surface area contributed by atoms with Crippen molar-refractivity contribution in [1.82, 2.24) is 9.97 Å². The van der Waals surface area contributed by atoms with Gasteiger partial charge in [-0.1, -0.05) is 12.1 Å². The molecule has 0 atom stereocenters. The summed E-state index contributed by atoms with van der Waals surface area (Å²) in [4.78, 5) is 62.4. The van der Waals surface area contributed by atoms with E-state index in [-0.39, 0.29) is 10.4 Å². The molecule has 0 saturated carbocycles. The van der Waals surface area contributed by atoms with Gasteiger partial charge in [-0.15, -0.1) is 0 Å². The number of rotatable bonds is 3. The van der Waals surface area contributed by atoms with E-state index in [0.717, 1.165) is 12.4 Å². The van der Waals surface area contributed by atoms with E-state index in [1.165, 1.54) is 24.3 Å². The van der Waals surface area contributed by atoms with Gasteiger partial charge in [-0.25, -0.2) is 0 Å². The first-order chi connectivity index (χ1) is 9.18. The molecule has 0 unspecified atom stereocenters. The lowest BCUT2D eigenvalue weighted by atomic mass is 10.2. The van der Waals surface area contributed by atoms with E-state index in [1.54, 1.807) is 0 Å². The summed E-state index contributed by atoms with van der Waals surface area (Å²) in [7, 11) is -8.74. The van der Waals surface area contributed by atoms with E-state index >= 15 is 0 Å². The van der Waals surface area contributed by atoms with Crippen LogP contribution in [0.1, 0.15) is 0 Å². The van der Waals surface area contributed by atoms with Crippen molar-refractivity contribution in [3.8, 4) is 11.4 Å². The normalized spacial score (nSPS) is 12.5. The lowest BCUT2D eigenvalue weighted by Crippen LogP contribution is -2.49. The second-order valence-electron chi connectivity index (χ2n) is 4.14. The molecule has 0 aromatic carbocycles. The van der Waals surface area contributed by atoms with Crippen molar-refractivity contribution < 1.29 is 28.8 Å². The van der Waals surface area contributed by atoms with E-state index in [4.69, 9.17) is 28.8 Å². The second kappa shape index (κ2) is 5.12. The molecule has 0 aliphatic carbocycles. The standard InChI is InChI=1S/C10H12N2O6Si2/c13-19(14,15)7-1-3-9(11-5-7)10-4-2-8(6-12-10)20(16,17)18/h1-6,13-18H. The van der Waals surface area contributed by atoms with Gasteiger partial charge in [0.15, 0.2) is 0 Å². The Hall–Kier alpha value is -1.51. The van der Waals surface area contributed by atoms with E-state index < -0.39 is 17.6 Å². The summed E-state index contributed by atoms with van der Waals surface area (Å²) >= 11 is 0. The predicted octanol–water partition coefficient (Wildman–Crippen LogP) is -3.61. The molecule has 0 spiro atoms. The molecule has 0 saturated heterocycles. The average molecular weight is 312 g/mol. The number of hydrogen-bond donors (Lipinski definition) is 6. The summed E-state index contributed by atoms with van der Waals surface area (Å²) in [6, 6.07) is 5.49. The van der Waals surface area contributed by atoms with Gasteiger partial charge in [0.25, 0.3) is 0 Å². The fourth-order valence-corrected chi connectivity index (χ4v) is 2.58. The zero-order valence-corrected chi connectivity index (χ0v) is 12.0. The molecule has 0 amide bonds. The third-order valence-electron chi connectivity index (χ3n) is 2.56. The van der Waals surface area contributed by atoms with Gasteiger partial charge in [0.05, 0.1) is 11.4 Å². The monoisotopic (exact) mass is 312 g/mol. The van der Waals surface area contributed by atoms with Crippen molar-refractivity contribution in [2.24, 2.45) is 0 Å². The molecular formula is C10H12N2O6Si2. The molecule has 106 valence electrons. The predicted molar refractivity (Wildman–Crippen MR) is 71.6 cm³/mol. The van der Waals surface area contributed by atoms with E-state index in [0.29, 0.717) is 11.4 Å². The van der Waals surface area contributed by atoms with Gasteiger partial charge in [-0.2, -0.15) is 0 Å². The topological polar surface area (TPSA) is 147 Å². The molecule has 6 N–H and O–H groups in total. The van der Waals surface area contributed by atoms with Crippen LogP contribution in [-0.2, 0) is 0 Å². The Bertz CT molecular complexity index is 536. The van der Waals surface area contributed by atoms with Gasteiger partial charge < -0.3 is 28.8 Å². The first-order valence-electron chi connectivity index (χ1n) is 5.45. The van der Waals surface area contributed by atoms with E-state index in [2.05, 4.69) is 9.97 Å². The van der Waals surface area contributed by atoms with Gasteiger partial charge in [-0.3, -0.25) is 9.97 Å². The molecular weight excluding hydrogens is 300 g/mol. The molecule has 0 aliphatic rings. The molecule has 10 heteroatoms. The van der Waals surface area contributed by atoms with Crippen LogP contribution in [0.15, 0.2) is 36.7 Å². The summed E-state index contributed by atoms with van der Waals surface area (Å²) < 4.78 is 0. The summed E-state index contributed by atoms with van der Waals surface area (Å²) in [5.74, 6) is 0. The van der Waals surface area contributed by atoms with Crippen molar-refractivity contribution in [1.29, 1.82) is 0 Å². The van der Waals surface area contributed by atoms with Gasteiger partial charge in [-0.05, 0) is 12.1 Å². The largest absolute Gasteiger partial charge is 0.530 e. The third kappa shape index (κ3) is 3.33. The van der Waals surface area contributed by atoms with Crippen molar-refractivity contribution in [2.45, 2.75) is 0 Å². The van der Waals surface area contributed by atoms with Crippen LogP contribution in [0.3, 0.4) is 0 Å². The Labute approximate surface area is 115 Å². The molecule has 2 aromatic heterocycles. The van der Waals surface area contributed by atoms with E-state index in [1.807, 2.05) is 0 Å². The SMILES string of the molecule is O[Si](O)(O)c1ccc(-c2ccc([Si](O)(O)O)cn2)nc1. The fraction of sp³-hybridized carbons (Fsp3) is 0. The quantitative estimate of drug-likeness (QED) is 0.318. The molecule has 0 aliphatic heterocycles. The van der Waals surface area contributed by atoms with Gasteiger partial charge >= 0.3 is 17.6 Å². The second-order valence-corrected chi connectivity index (χ2v) is 7.83. The van der Waals surface area contributed by atoms with Gasteiger partial charge in [0.1, 0.15) is 0 Å². The maximum atomic E-state index is 9.09. The molecule has 2 aromatic rings. The maximum Gasteiger partial charge on any atom is 0.530 e. The minimum atomic E-state index is -4.37. The lowest BCUT2D eigenvalue weighted by molar-refractivity contribution is 0.247. The molecule has 0 bridgehead atoms.